The number of carboxylic acids is 1. The van der Waals surface area contributed by atoms with Gasteiger partial charge in [0.15, 0.2) is 0 Å². The van der Waals surface area contributed by atoms with E-state index in [0.717, 1.165) is 13.1 Å². The SMILES string of the molecule is CC1CN(c2ncccc2C(=O)O)C(C)CN1. The van der Waals surface area contributed by atoms with Gasteiger partial charge < -0.3 is 15.3 Å². The van der Waals surface area contributed by atoms with Crippen molar-refractivity contribution in [3.63, 3.8) is 0 Å². The van der Waals surface area contributed by atoms with Gasteiger partial charge in [-0.05, 0) is 26.0 Å². The third-order valence-electron chi connectivity index (χ3n) is 3.05. The largest absolute Gasteiger partial charge is 0.478 e. The van der Waals surface area contributed by atoms with Gasteiger partial charge in [0.2, 0.25) is 0 Å². The minimum atomic E-state index is -0.925. The molecule has 1 aliphatic rings. The van der Waals surface area contributed by atoms with E-state index in [1.165, 1.54) is 0 Å². The summed E-state index contributed by atoms with van der Waals surface area (Å²) in [5.41, 5.74) is 0.272. The van der Waals surface area contributed by atoms with Crippen LogP contribution in [0.3, 0.4) is 0 Å². The first kappa shape index (κ1) is 11.9. The van der Waals surface area contributed by atoms with Crippen LogP contribution in [0.15, 0.2) is 18.3 Å². The number of carboxylic acid groups (broad SMARTS) is 1. The highest BCUT2D eigenvalue weighted by Crippen LogP contribution is 2.21. The Bertz CT molecular complexity index is 422. The summed E-state index contributed by atoms with van der Waals surface area (Å²) in [6.45, 7) is 5.77. The van der Waals surface area contributed by atoms with E-state index in [2.05, 4.69) is 29.0 Å². The Morgan fingerprint density at radius 1 is 1.59 bits per heavy atom. The molecule has 0 bridgehead atoms. The van der Waals surface area contributed by atoms with Gasteiger partial charge in [-0.15, -0.1) is 0 Å². The summed E-state index contributed by atoms with van der Waals surface area (Å²) >= 11 is 0. The third kappa shape index (κ3) is 2.39. The number of piperazine rings is 1. The van der Waals surface area contributed by atoms with Crippen molar-refractivity contribution in [2.45, 2.75) is 25.9 Å². The maximum absolute atomic E-state index is 11.2. The minimum absolute atomic E-state index is 0.249. The molecule has 2 heterocycles. The minimum Gasteiger partial charge on any atom is -0.478 e. The Labute approximate surface area is 100 Å². The topological polar surface area (TPSA) is 65.5 Å². The quantitative estimate of drug-likeness (QED) is 0.799. The lowest BCUT2D eigenvalue weighted by Crippen LogP contribution is -2.55. The Hall–Kier alpha value is -1.62. The Kier molecular flexibility index (Phi) is 3.28. The Balaban J connectivity index is 2.35. The first-order chi connectivity index (χ1) is 8.09. The second-order valence-corrected chi connectivity index (χ2v) is 4.49. The summed E-state index contributed by atoms with van der Waals surface area (Å²) < 4.78 is 0. The first-order valence-corrected chi connectivity index (χ1v) is 5.78. The molecule has 1 aliphatic heterocycles. The summed E-state index contributed by atoms with van der Waals surface area (Å²) in [5.74, 6) is -0.354. The van der Waals surface area contributed by atoms with Crippen LogP contribution in [0.4, 0.5) is 5.82 Å². The van der Waals surface area contributed by atoms with E-state index >= 15 is 0 Å². The fraction of sp³-hybridized carbons (Fsp3) is 0.500. The van der Waals surface area contributed by atoms with Crippen molar-refractivity contribution in [2.24, 2.45) is 0 Å². The smallest absolute Gasteiger partial charge is 0.339 e. The van der Waals surface area contributed by atoms with Gasteiger partial charge in [-0.2, -0.15) is 0 Å². The first-order valence-electron chi connectivity index (χ1n) is 5.78. The molecule has 17 heavy (non-hydrogen) atoms. The van der Waals surface area contributed by atoms with Gasteiger partial charge in [0.25, 0.3) is 0 Å². The molecular formula is C12H17N3O2. The van der Waals surface area contributed by atoms with Gasteiger partial charge >= 0.3 is 5.97 Å². The lowest BCUT2D eigenvalue weighted by atomic mass is 10.1. The van der Waals surface area contributed by atoms with Gasteiger partial charge in [-0.25, -0.2) is 9.78 Å². The second-order valence-electron chi connectivity index (χ2n) is 4.49. The molecule has 1 fully saturated rings. The molecule has 2 N–H and O–H groups in total. The van der Waals surface area contributed by atoms with Crippen LogP contribution >= 0.6 is 0 Å². The van der Waals surface area contributed by atoms with Crippen LogP contribution in [0, 0.1) is 0 Å². The Morgan fingerprint density at radius 2 is 2.35 bits per heavy atom. The maximum Gasteiger partial charge on any atom is 0.339 e. The van der Waals surface area contributed by atoms with Crippen molar-refractivity contribution in [1.82, 2.24) is 10.3 Å². The number of nitrogens with one attached hydrogen (secondary N) is 1. The number of aromatic carboxylic acids is 1. The molecule has 0 amide bonds. The second kappa shape index (κ2) is 4.71. The summed E-state index contributed by atoms with van der Waals surface area (Å²) in [7, 11) is 0. The molecule has 0 aromatic carbocycles. The average molecular weight is 235 g/mol. The zero-order valence-electron chi connectivity index (χ0n) is 10.1. The summed E-state index contributed by atoms with van der Waals surface area (Å²) in [6.07, 6.45) is 1.64. The Morgan fingerprint density at radius 3 is 3.06 bits per heavy atom. The predicted molar refractivity (Wildman–Crippen MR) is 65.5 cm³/mol. The highest BCUT2D eigenvalue weighted by atomic mass is 16.4. The van der Waals surface area contributed by atoms with Crippen LogP contribution < -0.4 is 10.2 Å². The molecule has 0 radical (unpaired) electrons. The van der Waals surface area contributed by atoms with Gasteiger partial charge in [-0.3, -0.25) is 0 Å². The number of pyridine rings is 1. The van der Waals surface area contributed by atoms with Crippen molar-refractivity contribution in [3.8, 4) is 0 Å². The monoisotopic (exact) mass is 235 g/mol. The number of anilines is 1. The number of carbonyl (C=O) groups is 1. The van der Waals surface area contributed by atoms with Crippen molar-refractivity contribution < 1.29 is 9.90 Å². The number of nitrogens with zero attached hydrogens (tertiary/aromatic N) is 2. The molecule has 2 unspecified atom stereocenters. The molecule has 0 aliphatic carbocycles. The van der Waals surface area contributed by atoms with E-state index in [1.54, 1.807) is 18.3 Å². The molecule has 2 atom stereocenters. The molecule has 0 spiro atoms. The van der Waals surface area contributed by atoms with E-state index in [4.69, 9.17) is 5.11 Å². The van der Waals surface area contributed by atoms with Crippen LogP contribution in [0.25, 0.3) is 0 Å². The molecular weight excluding hydrogens is 218 g/mol. The van der Waals surface area contributed by atoms with Gasteiger partial charge in [0.1, 0.15) is 11.4 Å². The van der Waals surface area contributed by atoms with Crippen LogP contribution in [-0.4, -0.2) is 41.2 Å². The van der Waals surface area contributed by atoms with Crippen molar-refractivity contribution in [2.75, 3.05) is 18.0 Å². The summed E-state index contributed by atoms with van der Waals surface area (Å²) in [4.78, 5) is 17.5. The summed E-state index contributed by atoms with van der Waals surface area (Å²) in [6, 6.07) is 3.85. The van der Waals surface area contributed by atoms with Gasteiger partial charge in [0, 0.05) is 31.4 Å². The van der Waals surface area contributed by atoms with Crippen LogP contribution in [0.2, 0.25) is 0 Å². The van der Waals surface area contributed by atoms with E-state index in [9.17, 15) is 4.79 Å². The lowest BCUT2D eigenvalue weighted by molar-refractivity contribution is 0.0697. The molecule has 92 valence electrons. The third-order valence-corrected chi connectivity index (χ3v) is 3.05. The van der Waals surface area contributed by atoms with Crippen LogP contribution in [0.5, 0.6) is 0 Å². The van der Waals surface area contributed by atoms with Gasteiger partial charge in [-0.1, -0.05) is 0 Å². The van der Waals surface area contributed by atoms with Crippen molar-refractivity contribution in [3.05, 3.63) is 23.9 Å². The standard InChI is InChI=1S/C12H17N3O2/c1-8-7-15(9(2)6-14-8)11-10(12(16)17)4-3-5-13-11/h3-5,8-9,14H,6-7H2,1-2H3,(H,16,17). The van der Waals surface area contributed by atoms with E-state index < -0.39 is 5.97 Å². The highest BCUT2D eigenvalue weighted by Gasteiger charge is 2.26. The molecule has 2 rings (SSSR count). The molecule has 1 aromatic heterocycles. The molecule has 1 saturated heterocycles. The molecule has 5 nitrogen and oxygen atoms in total. The molecule has 0 saturated carbocycles. The normalized spacial score (nSPS) is 24.7. The number of hydrogen-bond donors (Lipinski definition) is 2. The van der Waals surface area contributed by atoms with Crippen LogP contribution in [0.1, 0.15) is 24.2 Å². The number of hydrogen-bond acceptors (Lipinski definition) is 4. The number of aromatic nitrogens is 1. The van der Waals surface area contributed by atoms with Crippen LogP contribution in [-0.2, 0) is 0 Å². The molecule has 5 heteroatoms. The molecule has 1 aromatic rings. The lowest BCUT2D eigenvalue weighted by Gasteiger charge is -2.38. The summed E-state index contributed by atoms with van der Waals surface area (Å²) in [5, 5.41) is 12.5. The fourth-order valence-electron chi connectivity index (χ4n) is 2.11. The predicted octanol–water partition coefficient (Wildman–Crippen LogP) is 0.966. The average Bonchev–Trinajstić information content (AvgIpc) is 2.32. The maximum atomic E-state index is 11.2. The number of rotatable bonds is 2. The highest BCUT2D eigenvalue weighted by molar-refractivity contribution is 5.93. The van der Waals surface area contributed by atoms with Gasteiger partial charge in [0.05, 0.1) is 0 Å². The van der Waals surface area contributed by atoms with E-state index in [0.29, 0.717) is 11.9 Å². The zero-order valence-corrected chi connectivity index (χ0v) is 10.1. The van der Waals surface area contributed by atoms with E-state index in [1.807, 2.05) is 0 Å². The van der Waals surface area contributed by atoms with E-state index in [-0.39, 0.29) is 11.6 Å². The van der Waals surface area contributed by atoms with Crippen molar-refractivity contribution in [1.29, 1.82) is 0 Å². The van der Waals surface area contributed by atoms with Crippen molar-refractivity contribution >= 4 is 11.8 Å². The fourth-order valence-corrected chi connectivity index (χ4v) is 2.11. The zero-order chi connectivity index (χ0) is 12.4.